The molecule has 2 N–H and O–H groups in total. The van der Waals surface area contributed by atoms with Crippen LogP contribution in [0.25, 0.3) is 0 Å². The van der Waals surface area contributed by atoms with Crippen LogP contribution in [0.1, 0.15) is 12.8 Å². The standard InChI is InChI=1S/C17H23F9N2O6/c1-28(2,9-11(29)30)6-5-27-10(8-12(31)33-3)13(32)34-7-4-14(18,19)15(20,21)16(22,23)17(24,25)26/h10,27H,4-9H2,1-3H3/p+1. The van der Waals surface area contributed by atoms with Crippen LogP contribution in [-0.4, -0.2) is 105 Å². The number of rotatable bonds is 14. The lowest BCUT2D eigenvalue weighted by atomic mass is 10.0. The molecule has 0 saturated carbocycles. The third-order valence-electron chi connectivity index (χ3n) is 4.42. The summed E-state index contributed by atoms with van der Waals surface area (Å²) >= 11 is 0. The number of alkyl halides is 9. The minimum atomic E-state index is -7.07. The van der Waals surface area contributed by atoms with E-state index in [-0.39, 0.29) is 24.1 Å². The van der Waals surface area contributed by atoms with Crippen LogP contribution in [0.15, 0.2) is 0 Å². The molecule has 0 aliphatic heterocycles. The molecule has 0 rings (SSSR count). The SMILES string of the molecule is COC(=O)CC(NCC[N+](C)(C)CC(=O)O)C(=O)OCCC(F)(F)C(F)(F)C(F)(F)C(F)(F)F. The Morgan fingerprint density at radius 2 is 1.50 bits per heavy atom. The van der Waals surface area contributed by atoms with Crippen molar-refractivity contribution in [1.29, 1.82) is 0 Å². The van der Waals surface area contributed by atoms with Gasteiger partial charge in [-0.1, -0.05) is 0 Å². The summed E-state index contributed by atoms with van der Waals surface area (Å²) in [6.45, 7) is -2.09. The van der Waals surface area contributed by atoms with Crippen LogP contribution in [0.2, 0.25) is 0 Å². The Morgan fingerprint density at radius 3 is 1.94 bits per heavy atom. The average Bonchev–Trinajstić information content (AvgIpc) is 2.64. The Morgan fingerprint density at radius 1 is 0.971 bits per heavy atom. The van der Waals surface area contributed by atoms with Gasteiger partial charge in [-0.05, 0) is 0 Å². The number of likely N-dealkylation sites (N-methyl/N-ethyl adjacent to an activating group) is 1. The van der Waals surface area contributed by atoms with Crippen molar-refractivity contribution in [3.63, 3.8) is 0 Å². The van der Waals surface area contributed by atoms with Crippen molar-refractivity contribution in [1.82, 2.24) is 5.32 Å². The molecule has 0 radical (unpaired) electrons. The van der Waals surface area contributed by atoms with Gasteiger partial charge < -0.3 is 19.1 Å². The number of aliphatic carboxylic acids is 1. The van der Waals surface area contributed by atoms with Gasteiger partial charge in [0.15, 0.2) is 6.54 Å². The average molecular weight is 523 g/mol. The Bertz CT molecular complexity index is 729. The molecule has 0 aliphatic carbocycles. The zero-order valence-corrected chi connectivity index (χ0v) is 18.2. The second-order valence-electron chi connectivity index (χ2n) is 7.77. The molecule has 0 aliphatic rings. The fraction of sp³-hybridized carbons (Fsp3) is 0.824. The summed E-state index contributed by atoms with van der Waals surface area (Å²) in [5, 5.41) is 11.3. The highest BCUT2D eigenvalue weighted by atomic mass is 19.4. The normalized spacial score (nSPS) is 14.5. The number of halogens is 9. The summed E-state index contributed by atoms with van der Waals surface area (Å²) in [7, 11) is 3.94. The molecule has 0 bridgehead atoms. The van der Waals surface area contributed by atoms with E-state index in [1.54, 1.807) is 0 Å². The number of hydrogen-bond acceptors (Lipinski definition) is 6. The maximum Gasteiger partial charge on any atom is 0.460 e. The molecule has 0 fully saturated rings. The van der Waals surface area contributed by atoms with E-state index in [1.807, 2.05) is 0 Å². The topological polar surface area (TPSA) is 102 Å². The van der Waals surface area contributed by atoms with Crippen molar-refractivity contribution in [2.24, 2.45) is 0 Å². The number of ether oxygens (including phenoxy) is 2. The predicted octanol–water partition coefficient (Wildman–Crippen LogP) is 2.07. The number of carboxylic acid groups (broad SMARTS) is 1. The van der Waals surface area contributed by atoms with Crippen molar-refractivity contribution in [2.75, 3.05) is 47.4 Å². The predicted molar refractivity (Wildman–Crippen MR) is 94.4 cm³/mol. The fourth-order valence-corrected chi connectivity index (χ4v) is 2.42. The van der Waals surface area contributed by atoms with Crippen LogP contribution in [0.4, 0.5) is 39.5 Å². The number of carbonyl (C=O) groups excluding carboxylic acids is 2. The third kappa shape index (κ3) is 8.48. The van der Waals surface area contributed by atoms with Crippen LogP contribution in [0, 0.1) is 0 Å². The molecule has 0 heterocycles. The number of nitrogens with zero attached hydrogens (tertiary/aromatic N) is 1. The third-order valence-corrected chi connectivity index (χ3v) is 4.42. The van der Waals surface area contributed by atoms with Gasteiger partial charge >= 0.3 is 41.9 Å². The molecule has 0 spiro atoms. The first-order chi connectivity index (χ1) is 15.1. The first-order valence-electron chi connectivity index (χ1n) is 9.32. The molecule has 1 unspecified atom stereocenters. The first kappa shape index (κ1) is 31.7. The second-order valence-corrected chi connectivity index (χ2v) is 7.77. The first-order valence-corrected chi connectivity index (χ1v) is 9.32. The van der Waals surface area contributed by atoms with E-state index >= 15 is 0 Å². The highest BCUT2D eigenvalue weighted by Gasteiger charge is 2.81. The molecule has 0 aromatic heterocycles. The number of carboxylic acids is 1. The molecule has 1 atom stereocenters. The van der Waals surface area contributed by atoms with Gasteiger partial charge in [-0.25, -0.2) is 4.79 Å². The van der Waals surface area contributed by atoms with E-state index in [0.29, 0.717) is 0 Å². The van der Waals surface area contributed by atoms with Gasteiger partial charge in [-0.3, -0.25) is 14.9 Å². The van der Waals surface area contributed by atoms with Gasteiger partial charge in [0.25, 0.3) is 0 Å². The molecule has 0 aromatic rings. The maximum atomic E-state index is 13.5. The summed E-state index contributed by atoms with van der Waals surface area (Å²) in [4.78, 5) is 34.3. The van der Waals surface area contributed by atoms with Gasteiger partial charge in [-0.2, -0.15) is 39.5 Å². The summed E-state index contributed by atoms with van der Waals surface area (Å²) in [5.74, 6) is -23.5. The van der Waals surface area contributed by atoms with Crippen LogP contribution in [0.5, 0.6) is 0 Å². The van der Waals surface area contributed by atoms with E-state index in [4.69, 9.17) is 5.11 Å². The van der Waals surface area contributed by atoms with Gasteiger partial charge in [0.05, 0.1) is 47.2 Å². The fourth-order valence-electron chi connectivity index (χ4n) is 2.42. The Labute approximate surface area is 187 Å². The quantitative estimate of drug-likeness (QED) is 0.204. The van der Waals surface area contributed by atoms with Crippen LogP contribution >= 0.6 is 0 Å². The molecular formula is C17H24F9N2O6+. The van der Waals surface area contributed by atoms with Crippen molar-refractivity contribution >= 4 is 17.9 Å². The zero-order valence-electron chi connectivity index (χ0n) is 18.2. The van der Waals surface area contributed by atoms with Gasteiger partial charge in [-0.15, -0.1) is 0 Å². The van der Waals surface area contributed by atoms with Crippen molar-refractivity contribution < 1.29 is 73.0 Å². The smallest absolute Gasteiger partial charge is 0.460 e. The lowest BCUT2D eigenvalue weighted by molar-refractivity contribution is -0.881. The van der Waals surface area contributed by atoms with Crippen LogP contribution in [0.3, 0.4) is 0 Å². The number of carbonyl (C=O) groups is 3. The second kappa shape index (κ2) is 11.4. The summed E-state index contributed by atoms with van der Waals surface area (Å²) in [6.07, 6.45) is -10.1. The molecule has 200 valence electrons. The molecule has 8 nitrogen and oxygen atoms in total. The van der Waals surface area contributed by atoms with E-state index < -0.39 is 67.3 Å². The largest absolute Gasteiger partial charge is 0.477 e. The van der Waals surface area contributed by atoms with Gasteiger partial charge in [0.1, 0.15) is 6.04 Å². The molecule has 17 heteroatoms. The zero-order chi connectivity index (χ0) is 27.2. The molecule has 34 heavy (non-hydrogen) atoms. The maximum absolute atomic E-state index is 13.5. The summed E-state index contributed by atoms with van der Waals surface area (Å²) < 4.78 is 124. The Kier molecular flexibility index (Phi) is 10.6. The van der Waals surface area contributed by atoms with E-state index in [0.717, 1.165) is 7.11 Å². The van der Waals surface area contributed by atoms with Crippen LogP contribution < -0.4 is 5.32 Å². The molecular weight excluding hydrogens is 499 g/mol. The number of quaternary nitrogens is 1. The monoisotopic (exact) mass is 523 g/mol. The Hall–Kier alpha value is -2.30. The van der Waals surface area contributed by atoms with Crippen molar-refractivity contribution in [2.45, 2.75) is 42.8 Å². The van der Waals surface area contributed by atoms with E-state index in [2.05, 4.69) is 14.8 Å². The van der Waals surface area contributed by atoms with E-state index in [9.17, 15) is 53.9 Å². The lowest BCUT2D eigenvalue weighted by Crippen LogP contribution is -2.61. The number of nitrogens with one attached hydrogen (secondary N) is 1. The lowest BCUT2D eigenvalue weighted by Gasteiger charge is -2.33. The minimum absolute atomic E-state index is 0.0636. The van der Waals surface area contributed by atoms with Gasteiger partial charge in [0.2, 0.25) is 0 Å². The molecule has 0 amide bonds. The summed E-state index contributed by atoms with van der Waals surface area (Å²) in [6, 6.07) is -1.61. The Balaban J connectivity index is 5.18. The highest BCUT2D eigenvalue weighted by molar-refractivity contribution is 5.82. The molecule has 0 saturated heterocycles. The minimum Gasteiger partial charge on any atom is -0.477 e. The number of esters is 2. The van der Waals surface area contributed by atoms with E-state index in [1.165, 1.54) is 14.1 Å². The molecule has 0 aromatic carbocycles. The van der Waals surface area contributed by atoms with Crippen molar-refractivity contribution in [3.05, 3.63) is 0 Å². The van der Waals surface area contributed by atoms with Crippen molar-refractivity contribution in [3.8, 4) is 0 Å². The number of hydrogen-bond donors (Lipinski definition) is 2. The van der Waals surface area contributed by atoms with Gasteiger partial charge in [0, 0.05) is 6.54 Å². The summed E-state index contributed by atoms with van der Waals surface area (Å²) in [5.41, 5.74) is 0. The highest BCUT2D eigenvalue weighted by Crippen LogP contribution is 2.53. The number of methoxy groups -OCH3 is 1. The van der Waals surface area contributed by atoms with Crippen LogP contribution in [-0.2, 0) is 23.9 Å².